The van der Waals surface area contributed by atoms with Gasteiger partial charge in [-0.2, -0.15) is 0 Å². The Labute approximate surface area is 181 Å². The van der Waals surface area contributed by atoms with Crippen molar-refractivity contribution in [3.05, 3.63) is 77.7 Å². The number of para-hydroxylation sites is 1. The van der Waals surface area contributed by atoms with Gasteiger partial charge in [-0.05, 0) is 49.6 Å². The summed E-state index contributed by atoms with van der Waals surface area (Å²) < 4.78 is 71.1. The van der Waals surface area contributed by atoms with Crippen LogP contribution < -0.4 is 9.47 Å². The summed E-state index contributed by atoms with van der Waals surface area (Å²) >= 11 is 0. The maximum absolute atomic E-state index is 10.7. The van der Waals surface area contributed by atoms with E-state index in [9.17, 15) is 25.2 Å². The van der Waals surface area contributed by atoms with Crippen LogP contribution in [0.2, 0.25) is 0 Å². The van der Waals surface area contributed by atoms with Crippen LogP contribution in [0.4, 0.5) is 25.2 Å². The number of benzene rings is 2. The topological polar surface area (TPSA) is 18.5 Å². The van der Waals surface area contributed by atoms with E-state index in [0.29, 0.717) is 0 Å². The third-order valence-electron chi connectivity index (χ3n) is 3.80. The van der Waals surface area contributed by atoms with Gasteiger partial charge in [-0.3, -0.25) is 0 Å². The van der Waals surface area contributed by atoms with Gasteiger partial charge in [-0.1, -0.05) is 42.5 Å². The maximum atomic E-state index is 9.87. The fourth-order valence-corrected chi connectivity index (χ4v) is 2.35. The van der Waals surface area contributed by atoms with Crippen molar-refractivity contribution >= 4 is 7.81 Å². The fourth-order valence-electron chi connectivity index (χ4n) is 2.35. The number of halogens is 6. The average Bonchev–Trinajstić information content (AvgIpc) is 3.15. The van der Waals surface area contributed by atoms with Crippen molar-refractivity contribution in [2.75, 3.05) is 0 Å². The third kappa shape index (κ3) is 9.24. The maximum Gasteiger partial charge on any atom is 0.00506 e. The van der Waals surface area contributed by atoms with Crippen LogP contribution in [0, 0.1) is 27.2 Å². The van der Waals surface area contributed by atoms with Crippen LogP contribution in [0.1, 0.15) is 16.7 Å². The number of aryl methyl sites for hydroxylation is 2. The molecular formula is C20H19F6FeO2P-. The molecule has 2 aliphatic rings. The zero-order chi connectivity index (χ0) is 21.9. The summed E-state index contributed by atoms with van der Waals surface area (Å²) in [5.41, 5.74) is 3.44. The fraction of sp³-hybridized carbons (Fsp3) is 0.150. The molecule has 167 valence electrons. The van der Waals surface area contributed by atoms with E-state index in [1.54, 1.807) is 0 Å². The van der Waals surface area contributed by atoms with Gasteiger partial charge in [0.1, 0.15) is 0 Å². The number of allylic oxidation sites excluding steroid dienone is 4. The molecule has 0 saturated carbocycles. The molecule has 1 aliphatic heterocycles. The monoisotopic (exact) mass is 492 g/mol. The number of hydrogen-bond donors (Lipinski definition) is 0. The largest absolute Gasteiger partial charge is 0.0767 e. The number of fused-ring (bicyclic) bond motifs is 2. The Morgan fingerprint density at radius 1 is 0.633 bits per heavy atom. The van der Waals surface area contributed by atoms with Gasteiger partial charge in [-0.25, -0.2) is 0 Å². The zero-order valence-electron chi connectivity index (χ0n) is 16.2. The predicted octanol–water partition coefficient (Wildman–Crippen LogP) is 9.21. The molecule has 1 heterocycles. The van der Waals surface area contributed by atoms with Crippen molar-refractivity contribution in [1.82, 2.24) is 0 Å². The van der Waals surface area contributed by atoms with Crippen molar-refractivity contribution in [3.63, 3.8) is 0 Å². The first kappa shape index (κ1) is 26.1. The molecular weight excluding hydrogens is 473 g/mol. The second-order valence-corrected chi connectivity index (χ2v) is 8.28. The molecule has 0 saturated heterocycles. The Morgan fingerprint density at radius 3 is 1.67 bits per heavy atom. The first-order chi connectivity index (χ1) is 13.1. The molecule has 0 spiro atoms. The van der Waals surface area contributed by atoms with Gasteiger partial charge >= 0.3 is 33.0 Å². The average molecular weight is 492 g/mol. The summed E-state index contributed by atoms with van der Waals surface area (Å²) in [4.78, 5) is 0. The van der Waals surface area contributed by atoms with Crippen LogP contribution in [0.5, 0.6) is 23.0 Å². The molecule has 1 aliphatic carbocycles. The molecule has 2 nitrogen and oxygen atoms in total. The molecule has 30 heavy (non-hydrogen) atoms. The molecule has 0 fully saturated rings. The Morgan fingerprint density at radius 2 is 1.17 bits per heavy atom. The summed E-state index contributed by atoms with van der Waals surface area (Å²) in [5.74, 6) is 3.26. The summed E-state index contributed by atoms with van der Waals surface area (Å²) in [6, 6.07) is 9.95. The van der Waals surface area contributed by atoms with E-state index in [4.69, 9.17) is 9.47 Å². The minimum atomic E-state index is -10.7. The van der Waals surface area contributed by atoms with Crippen LogP contribution in [-0.4, -0.2) is 0 Å². The molecule has 1 radical (unpaired) electrons. The van der Waals surface area contributed by atoms with Crippen molar-refractivity contribution in [1.29, 1.82) is 0 Å². The van der Waals surface area contributed by atoms with E-state index in [-0.39, 0.29) is 17.1 Å². The minimum absolute atomic E-state index is 0. The predicted molar refractivity (Wildman–Crippen MR) is 103 cm³/mol. The van der Waals surface area contributed by atoms with E-state index in [1.165, 1.54) is 5.56 Å². The minimum Gasteiger partial charge on any atom is -0.0767 e. The van der Waals surface area contributed by atoms with Crippen molar-refractivity contribution in [2.24, 2.45) is 0 Å². The van der Waals surface area contributed by atoms with Gasteiger partial charge in [-0.15, -0.1) is 0 Å². The van der Waals surface area contributed by atoms with Crippen LogP contribution >= 0.6 is 7.81 Å². The van der Waals surface area contributed by atoms with Gasteiger partial charge in [0.25, 0.3) is 0 Å². The quantitative estimate of drug-likeness (QED) is 0.177. The van der Waals surface area contributed by atoms with Gasteiger partial charge in [0, 0.05) is 23.5 Å². The molecule has 2 aromatic rings. The Bertz CT molecular complexity index is 948. The smallest absolute Gasteiger partial charge is 0.00506 e. The molecule has 2 aromatic carbocycles. The number of rotatable bonds is 0. The second-order valence-electron chi connectivity index (χ2n) is 6.36. The molecule has 4 rings (SSSR count). The molecule has 10 heteroatoms. The van der Waals surface area contributed by atoms with Crippen molar-refractivity contribution in [2.45, 2.75) is 20.8 Å². The summed E-state index contributed by atoms with van der Waals surface area (Å²) in [7, 11) is -10.7. The number of ether oxygens (including phenoxy) is 2. The van der Waals surface area contributed by atoms with E-state index in [2.05, 4.69) is 19.9 Å². The van der Waals surface area contributed by atoms with Gasteiger partial charge < -0.3 is 9.47 Å². The van der Waals surface area contributed by atoms with Crippen LogP contribution in [0.25, 0.3) is 0 Å². The molecule has 0 amide bonds. The molecule has 0 bridgehead atoms. The van der Waals surface area contributed by atoms with Crippen LogP contribution in [0.3, 0.4) is 0 Å². The van der Waals surface area contributed by atoms with E-state index in [1.807, 2.05) is 61.9 Å². The Balaban J connectivity index is 0.000000288. The van der Waals surface area contributed by atoms with Crippen LogP contribution in [0.15, 0.2) is 54.6 Å². The van der Waals surface area contributed by atoms with Gasteiger partial charge in [0.05, 0.1) is 0 Å². The second kappa shape index (κ2) is 8.66. The first-order valence-electron chi connectivity index (χ1n) is 8.40. The zero-order valence-corrected chi connectivity index (χ0v) is 18.2. The number of hydrogen-bond acceptors (Lipinski definition) is 2. The summed E-state index contributed by atoms with van der Waals surface area (Å²) in [6.45, 7) is 6.16. The van der Waals surface area contributed by atoms with Crippen LogP contribution in [-0.2, 0) is 17.1 Å². The van der Waals surface area contributed by atoms with E-state index >= 15 is 0 Å². The van der Waals surface area contributed by atoms with Crippen molar-refractivity contribution < 1.29 is 51.7 Å². The summed E-state index contributed by atoms with van der Waals surface area (Å²) in [5, 5.41) is 0. The first-order valence-corrected chi connectivity index (χ1v) is 10.4. The van der Waals surface area contributed by atoms with Crippen molar-refractivity contribution in [3.8, 4) is 23.0 Å². The molecule has 0 atom stereocenters. The van der Waals surface area contributed by atoms with E-state index < -0.39 is 7.81 Å². The standard InChI is InChI=1S/C15H14O2.C5H5.F6P.Fe/c1-9-7-8-13-15(11(9)3)17-14-10(2)5-4-6-12(14)16-13;1-2-4-5-3-1;1-7(2,3,4,5)6;/h4-8H,1-3H3;1-5H;;/q;;-1;. The summed E-state index contributed by atoms with van der Waals surface area (Å²) in [6.07, 6.45) is 10.0. The van der Waals surface area contributed by atoms with Gasteiger partial charge in [0.2, 0.25) is 0 Å². The van der Waals surface area contributed by atoms with E-state index in [0.717, 1.165) is 34.1 Å². The van der Waals surface area contributed by atoms with Gasteiger partial charge in [0.15, 0.2) is 23.0 Å². The normalized spacial score (nSPS) is 15.2. The Hall–Kier alpha value is -1.95. The Kier molecular flexibility index (Phi) is 7.53. The third-order valence-corrected chi connectivity index (χ3v) is 3.80. The SMILES string of the molecule is Cc1ccc2c(c1C)Oc1c(C)cccc1O2.F[P-](F)(F)(F)(F)F.[CH]1C=CC=C1.[Fe]. The molecule has 0 aromatic heterocycles. The molecule has 0 N–H and O–H groups in total. The molecule has 0 unspecified atom stereocenters.